The summed E-state index contributed by atoms with van der Waals surface area (Å²) in [5, 5.41) is 0. The maximum Gasteiger partial charge on any atom is 0.119 e. The van der Waals surface area contributed by atoms with Crippen LogP contribution in [0.5, 0.6) is 5.75 Å². The van der Waals surface area contributed by atoms with Gasteiger partial charge in [0.2, 0.25) is 0 Å². The van der Waals surface area contributed by atoms with E-state index in [2.05, 4.69) is 48.3 Å². The lowest BCUT2D eigenvalue weighted by Gasteiger charge is -2.17. The quantitative estimate of drug-likeness (QED) is 0.849. The first kappa shape index (κ1) is 15.5. The number of methoxy groups -OCH3 is 1. The van der Waals surface area contributed by atoms with E-state index in [1.165, 1.54) is 16.7 Å². The highest BCUT2D eigenvalue weighted by atomic mass is 16.5. The largest absolute Gasteiger partial charge is 0.497 e. The predicted octanol–water partition coefficient (Wildman–Crippen LogP) is 2.83. The minimum absolute atomic E-state index is 0.703. The lowest BCUT2D eigenvalue weighted by atomic mass is 10.1. The van der Waals surface area contributed by atoms with E-state index in [0.717, 1.165) is 25.3 Å². The summed E-state index contributed by atoms with van der Waals surface area (Å²) in [5.41, 5.74) is 9.45. The Hall–Kier alpha value is -1.84. The monoisotopic (exact) mass is 284 g/mol. The Bertz CT molecular complexity index is 551. The fraction of sp³-hybridized carbons (Fsp3) is 0.333. The maximum atomic E-state index is 5.57. The normalized spacial score (nSPS) is 10.9. The van der Waals surface area contributed by atoms with E-state index < -0.39 is 0 Å². The van der Waals surface area contributed by atoms with Crippen LogP contribution in [0.4, 0.5) is 0 Å². The van der Waals surface area contributed by atoms with Gasteiger partial charge in [0.05, 0.1) is 7.11 Å². The van der Waals surface area contributed by atoms with Crippen molar-refractivity contribution in [1.29, 1.82) is 0 Å². The third-order valence-electron chi connectivity index (χ3n) is 3.50. The molecule has 0 aliphatic carbocycles. The van der Waals surface area contributed by atoms with Crippen LogP contribution < -0.4 is 10.5 Å². The van der Waals surface area contributed by atoms with Gasteiger partial charge in [-0.2, -0.15) is 0 Å². The molecule has 3 heteroatoms. The molecule has 3 nitrogen and oxygen atoms in total. The Morgan fingerprint density at radius 1 is 0.952 bits per heavy atom. The fourth-order valence-electron chi connectivity index (χ4n) is 2.43. The zero-order chi connectivity index (χ0) is 15.1. The van der Waals surface area contributed by atoms with E-state index in [1.807, 2.05) is 12.1 Å². The Morgan fingerprint density at radius 2 is 1.62 bits per heavy atom. The highest BCUT2D eigenvalue weighted by Crippen LogP contribution is 2.15. The molecule has 0 amide bonds. The highest BCUT2D eigenvalue weighted by molar-refractivity contribution is 5.28. The second-order valence-corrected chi connectivity index (χ2v) is 5.38. The van der Waals surface area contributed by atoms with Crippen molar-refractivity contribution < 1.29 is 4.74 Å². The molecule has 112 valence electrons. The van der Waals surface area contributed by atoms with Gasteiger partial charge in [-0.25, -0.2) is 0 Å². The lowest BCUT2D eigenvalue weighted by molar-refractivity contribution is 0.318. The number of benzene rings is 2. The number of rotatable bonds is 7. The molecule has 2 aromatic carbocycles. The second kappa shape index (κ2) is 7.81. The third kappa shape index (κ3) is 4.88. The average Bonchev–Trinajstić information content (AvgIpc) is 2.49. The van der Waals surface area contributed by atoms with E-state index >= 15 is 0 Å². The van der Waals surface area contributed by atoms with Crippen LogP contribution in [0.2, 0.25) is 0 Å². The van der Waals surface area contributed by atoms with Crippen molar-refractivity contribution in [3.05, 3.63) is 65.2 Å². The zero-order valence-electron chi connectivity index (χ0n) is 12.9. The van der Waals surface area contributed by atoms with Crippen molar-refractivity contribution in [2.75, 3.05) is 20.7 Å². The topological polar surface area (TPSA) is 38.5 Å². The summed E-state index contributed by atoms with van der Waals surface area (Å²) < 4.78 is 5.26. The standard InChI is InChI=1S/C18H24N2O/c1-20(14-17-4-3-5-18(12-17)21-2)13-16-8-6-15(7-9-16)10-11-19/h3-9,12H,10-11,13-14,19H2,1-2H3. The lowest BCUT2D eigenvalue weighted by Crippen LogP contribution is -2.17. The molecule has 0 spiro atoms. The Kier molecular flexibility index (Phi) is 5.78. The molecule has 2 N–H and O–H groups in total. The van der Waals surface area contributed by atoms with Crippen LogP contribution >= 0.6 is 0 Å². The Balaban J connectivity index is 1.92. The maximum absolute atomic E-state index is 5.57. The summed E-state index contributed by atoms with van der Waals surface area (Å²) in [6, 6.07) is 16.9. The smallest absolute Gasteiger partial charge is 0.119 e. The van der Waals surface area contributed by atoms with Crippen LogP contribution in [0.3, 0.4) is 0 Å². The van der Waals surface area contributed by atoms with Crippen molar-refractivity contribution in [2.24, 2.45) is 5.73 Å². The van der Waals surface area contributed by atoms with Gasteiger partial charge in [-0.1, -0.05) is 36.4 Å². The molecule has 0 saturated heterocycles. The molecule has 0 fully saturated rings. The first-order chi connectivity index (χ1) is 10.2. The molecule has 0 saturated carbocycles. The molecular formula is C18H24N2O. The highest BCUT2D eigenvalue weighted by Gasteiger charge is 2.03. The molecule has 0 bridgehead atoms. The molecule has 0 heterocycles. The average molecular weight is 284 g/mol. The van der Waals surface area contributed by atoms with Crippen LogP contribution in [-0.2, 0) is 19.5 Å². The Morgan fingerprint density at radius 3 is 2.29 bits per heavy atom. The van der Waals surface area contributed by atoms with Gasteiger partial charge in [0.15, 0.2) is 0 Å². The number of nitrogens with zero attached hydrogens (tertiary/aromatic N) is 1. The van der Waals surface area contributed by atoms with E-state index in [9.17, 15) is 0 Å². The second-order valence-electron chi connectivity index (χ2n) is 5.38. The molecule has 0 unspecified atom stereocenters. The van der Waals surface area contributed by atoms with Crippen LogP contribution in [0.15, 0.2) is 48.5 Å². The number of ether oxygens (including phenoxy) is 1. The van der Waals surface area contributed by atoms with Crippen LogP contribution in [0, 0.1) is 0 Å². The van der Waals surface area contributed by atoms with E-state index in [4.69, 9.17) is 10.5 Å². The van der Waals surface area contributed by atoms with Crippen molar-refractivity contribution in [3.63, 3.8) is 0 Å². The van der Waals surface area contributed by atoms with Crippen LogP contribution in [0.1, 0.15) is 16.7 Å². The SMILES string of the molecule is COc1cccc(CN(C)Cc2ccc(CCN)cc2)c1. The molecule has 0 atom stereocenters. The predicted molar refractivity (Wildman–Crippen MR) is 87.4 cm³/mol. The fourth-order valence-corrected chi connectivity index (χ4v) is 2.43. The van der Waals surface area contributed by atoms with Crippen LogP contribution in [-0.4, -0.2) is 25.6 Å². The number of nitrogens with two attached hydrogens (primary N) is 1. The minimum atomic E-state index is 0.703. The third-order valence-corrected chi connectivity index (χ3v) is 3.50. The summed E-state index contributed by atoms with van der Waals surface area (Å²) in [6.45, 7) is 2.54. The molecule has 2 aromatic rings. The van der Waals surface area contributed by atoms with Gasteiger partial charge in [-0.15, -0.1) is 0 Å². The van der Waals surface area contributed by atoms with E-state index in [1.54, 1.807) is 7.11 Å². The number of hydrogen-bond acceptors (Lipinski definition) is 3. The van der Waals surface area contributed by atoms with Gasteiger partial charge < -0.3 is 10.5 Å². The summed E-state index contributed by atoms with van der Waals surface area (Å²) in [7, 11) is 3.83. The van der Waals surface area contributed by atoms with E-state index in [0.29, 0.717) is 6.54 Å². The summed E-state index contributed by atoms with van der Waals surface area (Å²) in [5.74, 6) is 0.909. The van der Waals surface area contributed by atoms with Crippen molar-refractivity contribution in [2.45, 2.75) is 19.5 Å². The molecule has 2 rings (SSSR count). The van der Waals surface area contributed by atoms with Gasteiger partial charge in [-0.3, -0.25) is 4.90 Å². The van der Waals surface area contributed by atoms with Gasteiger partial charge in [0.25, 0.3) is 0 Å². The summed E-state index contributed by atoms with van der Waals surface area (Å²) >= 11 is 0. The van der Waals surface area contributed by atoms with Crippen LogP contribution in [0.25, 0.3) is 0 Å². The minimum Gasteiger partial charge on any atom is -0.497 e. The number of hydrogen-bond donors (Lipinski definition) is 1. The Labute approximate surface area is 127 Å². The molecular weight excluding hydrogens is 260 g/mol. The van der Waals surface area contributed by atoms with Gasteiger partial charge in [0.1, 0.15) is 5.75 Å². The zero-order valence-corrected chi connectivity index (χ0v) is 12.9. The van der Waals surface area contributed by atoms with Crippen molar-refractivity contribution in [3.8, 4) is 5.75 Å². The van der Waals surface area contributed by atoms with Crippen molar-refractivity contribution in [1.82, 2.24) is 4.90 Å². The first-order valence-corrected chi connectivity index (χ1v) is 7.30. The molecule has 0 aliphatic heterocycles. The van der Waals surface area contributed by atoms with Gasteiger partial charge >= 0.3 is 0 Å². The van der Waals surface area contributed by atoms with Gasteiger partial charge in [-0.05, 0) is 48.8 Å². The molecule has 0 radical (unpaired) electrons. The summed E-state index contributed by atoms with van der Waals surface area (Å²) in [6.07, 6.45) is 0.944. The molecule has 0 aromatic heterocycles. The van der Waals surface area contributed by atoms with Gasteiger partial charge in [0, 0.05) is 13.1 Å². The first-order valence-electron chi connectivity index (χ1n) is 7.30. The molecule has 21 heavy (non-hydrogen) atoms. The van der Waals surface area contributed by atoms with E-state index in [-0.39, 0.29) is 0 Å². The van der Waals surface area contributed by atoms with Crippen molar-refractivity contribution >= 4 is 0 Å². The summed E-state index contributed by atoms with van der Waals surface area (Å²) in [4.78, 5) is 2.30. The molecule has 0 aliphatic rings.